The van der Waals surface area contributed by atoms with Crippen LogP contribution >= 0.6 is 0 Å². The second-order valence-electron chi connectivity index (χ2n) is 4.85. The Balaban J connectivity index is 3.93. The first-order valence-corrected chi connectivity index (χ1v) is 7.69. The summed E-state index contributed by atoms with van der Waals surface area (Å²) in [5, 5.41) is 0. The third-order valence-electron chi connectivity index (χ3n) is 2.69. The van der Waals surface area contributed by atoms with Crippen molar-refractivity contribution in [2.24, 2.45) is 0 Å². The lowest BCUT2D eigenvalue weighted by Gasteiger charge is -2.06. The van der Waals surface area contributed by atoms with E-state index in [0.717, 1.165) is 31.8 Å². The summed E-state index contributed by atoms with van der Waals surface area (Å²) >= 11 is 0. The van der Waals surface area contributed by atoms with Crippen LogP contribution in [0.3, 0.4) is 0 Å². The van der Waals surface area contributed by atoms with Crippen molar-refractivity contribution in [3.8, 4) is 0 Å². The molecule has 6 heteroatoms. The molecule has 0 unspecified atom stereocenters. The third-order valence-corrected chi connectivity index (χ3v) is 2.69. The molecule has 0 heterocycles. The first-order valence-electron chi connectivity index (χ1n) is 7.69. The van der Waals surface area contributed by atoms with Crippen LogP contribution in [0.4, 0.5) is 0 Å². The largest absolute Gasteiger partial charge is 0.463 e. The van der Waals surface area contributed by atoms with Crippen molar-refractivity contribution in [1.29, 1.82) is 0 Å². The van der Waals surface area contributed by atoms with Gasteiger partial charge in [-0.25, -0.2) is 14.4 Å². The Bertz CT molecular complexity index is 386. The summed E-state index contributed by atoms with van der Waals surface area (Å²) in [6.07, 6.45) is 5.77. The lowest BCUT2D eigenvalue weighted by Crippen LogP contribution is -2.18. The van der Waals surface area contributed by atoms with Crippen LogP contribution in [-0.2, 0) is 28.6 Å². The molecule has 0 aromatic carbocycles. The molecule has 0 amide bonds. The SMILES string of the molecule is CCCCCCOC(=O)COC(=O)/C(C)=C\C(=O)OCCC. The highest BCUT2D eigenvalue weighted by atomic mass is 16.6. The molecule has 0 aliphatic rings. The van der Waals surface area contributed by atoms with E-state index in [2.05, 4.69) is 6.92 Å². The highest BCUT2D eigenvalue weighted by Gasteiger charge is 2.12. The first kappa shape index (κ1) is 20.1. The summed E-state index contributed by atoms with van der Waals surface area (Å²) in [6, 6.07) is 0. The van der Waals surface area contributed by atoms with Crippen molar-refractivity contribution >= 4 is 17.9 Å². The Hall–Kier alpha value is -1.85. The van der Waals surface area contributed by atoms with Crippen LogP contribution in [0.25, 0.3) is 0 Å². The molecule has 0 saturated heterocycles. The van der Waals surface area contributed by atoms with Crippen molar-refractivity contribution in [1.82, 2.24) is 0 Å². The molecule has 0 saturated carbocycles. The quantitative estimate of drug-likeness (QED) is 0.252. The molecule has 0 radical (unpaired) electrons. The van der Waals surface area contributed by atoms with Crippen LogP contribution in [0.5, 0.6) is 0 Å². The zero-order chi connectivity index (χ0) is 16.8. The molecule has 0 aromatic heterocycles. The predicted octanol–water partition coefficient (Wildman–Crippen LogP) is 2.55. The van der Waals surface area contributed by atoms with Crippen LogP contribution in [-0.4, -0.2) is 37.7 Å². The van der Waals surface area contributed by atoms with Crippen molar-refractivity contribution in [3.63, 3.8) is 0 Å². The molecule has 0 aliphatic carbocycles. The van der Waals surface area contributed by atoms with Crippen LogP contribution in [0.1, 0.15) is 52.9 Å². The van der Waals surface area contributed by atoms with E-state index in [1.807, 2.05) is 6.92 Å². The average Bonchev–Trinajstić information content (AvgIpc) is 2.50. The Morgan fingerprint density at radius 1 is 0.864 bits per heavy atom. The van der Waals surface area contributed by atoms with Crippen molar-refractivity contribution in [2.45, 2.75) is 52.9 Å². The number of unbranched alkanes of at least 4 members (excludes halogenated alkanes) is 3. The van der Waals surface area contributed by atoms with Gasteiger partial charge in [0.1, 0.15) is 0 Å². The van der Waals surface area contributed by atoms with E-state index in [1.54, 1.807) is 0 Å². The molecule has 0 fully saturated rings. The summed E-state index contributed by atoms with van der Waals surface area (Å²) in [4.78, 5) is 34.2. The number of hydrogen-bond acceptors (Lipinski definition) is 6. The van der Waals surface area contributed by atoms with Gasteiger partial charge in [-0.1, -0.05) is 33.1 Å². The maximum Gasteiger partial charge on any atom is 0.344 e. The van der Waals surface area contributed by atoms with Gasteiger partial charge in [0.2, 0.25) is 0 Å². The summed E-state index contributed by atoms with van der Waals surface area (Å²) in [7, 11) is 0. The Morgan fingerprint density at radius 2 is 1.59 bits per heavy atom. The molecular formula is C16H26O6. The van der Waals surface area contributed by atoms with Gasteiger partial charge in [-0.05, 0) is 19.8 Å². The Labute approximate surface area is 131 Å². The second-order valence-corrected chi connectivity index (χ2v) is 4.85. The van der Waals surface area contributed by atoms with Crippen molar-refractivity contribution in [3.05, 3.63) is 11.6 Å². The number of rotatable bonds is 11. The van der Waals surface area contributed by atoms with E-state index < -0.39 is 24.5 Å². The first-order chi connectivity index (χ1) is 10.5. The van der Waals surface area contributed by atoms with Crippen LogP contribution < -0.4 is 0 Å². The van der Waals surface area contributed by atoms with E-state index >= 15 is 0 Å². The molecule has 0 spiro atoms. The maximum atomic E-state index is 11.6. The summed E-state index contributed by atoms with van der Waals surface area (Å²) in [5.74, 6) is -1.93. The number of ether oxygens (including phenoxy) is 3. The highest BCUT2D eigenvalue weighted by Crippen LogP contribution is 2.01. The van der Waals surface area contributed by atoms with Gasteiger partial charge in [0.15, 0.2) is 6.61 Å². The Morgan fingerprint density at radius 3 is 2.23 bits per heavy atom. The summed E-state index contributed by atoms with van der Waals surface area (Å²) < 4.78 is 14.5. The number of carbonyl (C=O) groups is 3. The molecule has 0 aliphatic heterocycles. The minimum absolute atomic E-state index is 0.0804. The summed E-state index contributed by atoms with van der Waals surface area (Å²) in [5.41, 5.74) is 0.0804. The van der Waals surface area contributed by atoms with E-state index in [-0.39, 0.29) is 5.57 Å². The van der Waals surface area contributed by atoms with E-state index in [4.69, 9.17) is 14.2 Å². The lowest BCUT2D eigenvalue weighted by atomic mass is 10.2. The topological polar surface area (TPSA) is 78.9 Å². The lowest BCUT2D eigenvalue weighted by molar-refractivity contribution is -0.156. The van der Waals surface area contributed by atoms with E-state index in [1.165, 1.54) is 6.92 Å². The molecule has 126 valence electrons. The molecule has 0 bridgehead atoms. The van der Waals surface area contributed by atoms with Crippen molar-refractivity contribution in [2.75, 3.05) is 19.8 Å². The highest BCUT2D eigenvalue weighted by molar-refractivity contribution is 5.96. The van der Waals surface area contributed by atoms with Crippen LogP contribution in [0.15, 0.2) is 11.6 Å². The minimum Gasteiger partial charge on any atom is -0.463 e. The maximum absolute atomic E-state index is 11.6. The van der Waals surface area contributed by atoms with Gasteiger partial charge in [0.05, 0.1) is 13.2 Å². The smallest absolute Gasteiger partial charge is 0.344 e. The molecule has 0 N–H and O–H groups in total. The minimum atomic E-state index is -0.739. The van der Waals surface area contributed by atoms with Gasteiger partial charge in [-0.2, -0.15) is 0 Å². The fourth-order valence-electron chi connectivity index (χ4n) is 1.47. The van der Waals surface area contributed by atoms with Crippen molar-refractivity contribution < 1.29 is 28.6 Å². The van der Waals surface area contributed by atoms with E-state index in [0.29, 0.717) is 19.6 Å². The normalized spacial score (nSPS) is 11.0. The van der Waals surface area contributed by atoms with Gasteiger partial charge in [-0.15, -0.1) is 0 Å². The number of esters is 3. The van der Waals surface area contributed by atoms with Gasteiger partial charge < -0.3 is 14.2 Å². The molecular weight excluding hydrogens is 288 g/mol. The van der Waals surface area contributed by atoms with Gasteiger partial charge in [0, 0.05) is 11.6 Å². The summed E-state index contributed by atoms with van der Waals surface area (Å²) in [6.45, 7) is 5.55. The molecule has 6 nitrogen and oxygen atoms in total. The average molecular weight is 314 g/mol. The molecule has 0 atom stereocenters. The zero-order valence-electron chi connectivity index (χ0n) is 13.7. The molecule has 0 aromatic rings. The molecule has 22 heavy (non-hydrogen) atoms. The van der Waals surface area contributed by atoms with Gasteiger partial charge in [0.25, 0.3) is 0 Å². The monoisotopic (exact) mass is 314 g/mol. The second kappa shape index (κ2) is 12.9. The number of hydrogen-bond donors (Lipinski definition) is 0. The fraction of sp³-hybridized carbons (Fsp3) is 0.688. The van der Waals surface area contributed by atoms with Crippen LogP contribution in [0.2, 0.25) is 0 Å². The number of carbonyl (C=O) groups excluding carboxylic acids is 3. The van der Waals surface area contributed by atoms with Gasteiger partial charge in [-0.3, -0.25) is 0 Å². The zero-order valence-corrected chi connectivity index (χ0v) is 13.7. The van der Waals surface area contributed by atoms with E-state index in [9.17, 15) is 14.4 Å². The van der Waals surface area contributed by atoms with Gasteiger partial charge >= 0.3 is 17.9 Å². The Kier molecular flexibility index (Phi) is 11.8. The molecule has 0 rings (SSSR count). The predicted molar refractivity (Wildman–Crippen MR) is 81.1 cm³/mol. The van der Waals surface area contributed by atoms with Crippen LogP contribution in [0, 0.1) is 0 Å². The fourth-order valence-corrected chi connectivity index (χ4v) is 1.47. The standard InChI is InChI=1S/C16H26O6/c1-4-6-7-8-10-21-15(18)12-22-16(19)13(3)11-14(17)20-9-5-2/h11H,4-10,12H2,1-3H3/b13-11-. The third kappa shape index (κ3) is 10.9.